The van der Waals surface area contributed by atoms with Gasteiger partial charge in [-0.2, -0.15) is 0 Å². The van der Waals surface area contributed by atoms with E-state index in [1.807, 2.05) is 0 Å². The monoisotopic (exact) mass is 820 g/mol. The first kappa shape index (κ1) is 39.6. The van der Waals surface area contributed by atoms with Crippen molar-refractivity contribution < 1.29 is 0 Å². The third-order valence-corrected chi connectivity index (χ3v) is 18.0. The highest BCUT2D eigenvalue weighted by molar-refractivity contribution is 7.33. The average Bonchev–Trinajstić information content (AvgIpc) is 3.67. The second-order valence-electron chi connectivity index (χ2n) is 23.7. The highest BCUT2D eigenvalue weighted by atomic mass is 32.1. The molecular weight excluding hydrogens is 756 g/mol. The molecule has 4 heteroatoms. The molecule has 1 saturated carbocycles. The van der Waals surface area contributed by atoms with Crippen LogP contribution in [0, 0.1) is 6.92 Å². The summed E-state index contributed by atoms with van der Waals surface area (Å²) in [5.74, 6) is 0. The molecule has 6 aromatic rings. The average molecular weight is 821 g/mol. The van der Waals surface area contributed by atoms with Crippen molar-refractivity contribution in [1.82, 2.24) is 0 Å². The maximum Gasteiger partial charge on any atom is 0.264 e. The second-order valence-corrected chi connectivity index (χ2v) is 24.8. The second kappa shape index (κ2) is 12.5. The summed E-state index contributed by atoms with van der Waals surface area (Å²) in [6, 6.07) is 34.4. The topological polar surface area (TPSA) is 6.48 Å². The van der Waals surface area contributed by atoms with Gasteiger partial charge in [0.25, 0.3) is 6.71 Å². The Morgan fingerprint density at radius 1 is 0.607 bits per heavy atom. The third-order valence-electron chi connectivity index (χ3n) is 16.8. The molecule has 2 aliphatic carbocycles. The van der Waals surface area contributed by atoms with Crippen molar-refractivity contribution in [2.24, 2.45) is 0 Å². The molecule has 0 bridgehead atoms. The molecule has 0 radical (unpaired) electrons. The molecular formula is C57H65BN2S. The van der Waals surface area contributed by atoms with Crippen molar-refractivity contribution in [3.05, 3.63) is 118 Å². The van der Waals surface area contributed by atoms with E-state index in [9.17, 15) is 0 Å². The van der Waals surface area contributed by atoms with Gasteiger partial charge in [0.05, 0.1) is 16.9 Å². The van der Waals surface area contributed by atoms with E-state index < -0.39 is 0 Å². The summed E-state index contributed by atoms with van der Waals surface area (Å²) < 4.78 is 2.93. The fraction of sp³-hybridized carbons (Fsp3) is 0.439. The molecule has 0 amide bonds. The fourth-order valence-electron chi connectivity index (χ4n) is 12.7. The number of hydrogen-bond donors (Lipinski definition) is 0. The predicted octanol–water partition coefficient (Wildman–Crippen LogP) is 14.2. The predicted molar refractivity (Wildman–Crippen MR) is 267 cm³/mol. The summed E-state index contributed by atoms with van der Waals surface area (Å²) in [6.45, 7) is 32.0. The lowest BCUT2D eigenvalue weighted by atomic mass is 9.36. The largest absolute Gasteiger partial charge is 0.335 e. The number of anilines is 5. The van der Waals surface area contributed by atoms with E-state index in [0.717, 1.165) is 0 Å². The Labute approximate surface area is 370 Å². The minimum atomic E-state index is -0.0174. The van der Waals surface area contributed by atoms with Gasteiger partial charge in [0, 0.05) is 42.9 Å². The molecule has 312 valence electrons. The lowest BCUT2D eigenvalue weighted by Gasteiger charge is -2.52. The van der Waals surface area contributed by atoms with Gasteiger partial charge < -0.3 is 9.80 Å². The molecule has 5 aromatic carbocycles. The van der Waals surface area contributed by atoms with E-state index in [1.54, 1.807) is 11.1 Å². The van der Waals surface area contributed by atoms with Crippen LogP contribution in [-0.2, 0) is 27.1 Å². The molecule has 0 spiro atoms. The zero-order valence-corrected chi connectivity index (χ0v) is 40.0. The van der Waals surface area contributed by atoms with Crippen LogP contribution in [0.25, 0.3) is 21.2 Å². The molecule has 1 fully saturated rings. The molecule has 3 aliphatic heterocycles. The van der Waals surface area contributed by atoms with Crippen molar-refractivity contribution >= 4 is 72.3 Å². The highest BCUT2D eigenvalue weighted by Gasteiger charge is 2.62. The molecule has 2 unspecified atom stereocenters. The Kier molecular flexibility index (Phi) is 8.08. The molecule has 61 heavy (non-hydrogen) atoms. The van der Waals surface area contributed by atoms with Crippen LogP contribution in [0.4, 0.5) is 28.4 Å². The third kappa shape index (κ3) is 5.33. The number of hydrogen-bond acceptors (Lipinski definition) is 3. The summed E-state index contributed by atoms with van der Waals surface area (Å²) in [4.78, 5) is 5.67. The Morgan fingerprint density at radius 2 is 1.26 bits per heavy atom. The summed E-state index contributed by atoms with van der Waals surface area (Å²) >= 11 is 2.09. The summed E-state index contributed by atoms with van der Waals surface area (Å²) in [5, 5.41) is 1.41. The van der Waals surface area contributed by atoms with E-state index in [0.29, 0.717) is 0 Å². The van der Waals surface area contributed by atoms with Gasteiger partial charge in [0.2, 0.25) is 0 Å². The normalized spacial score (nSPS) is 23.1. The van der Waals surface area contributed by atoms with Crippen LogP contribution in [0.2, 0.25) is 0 Å². The zero-order valence-electron chi connectivity index (χ0n) is 39.2. The van der Waals surface area contributed by atoms with E-state index in [2.05, 4.69) is 196 Å². The van der Waals surface area contributed by atoms with E-state index in [-0.39, 0.29) is 39.3 Å². The first-order valence-electron chi connectivity index (χ1n) is 23.4. The van der Waals surface area contributed by atoms with Crippen molar-refractivity contribution in [3.8, 4) is 11.1 Å². The molecule has 5 aliphatic rings. The summed E-state index contributed by atoms with van der Waals surface area (Å²) in [5.41, 5.74) is 21.7. The number of nitrogens with zero attached hydrogens (tertiary/aromatic N) is 2. The summed E-state index contributed by atoms with van der Waals surface area (Å²) in [6.07, 6.45) is 7.43. The Morgan fingerprint density at radius 3 is 1.95 bits per heavy atom. The van der Waals surface area contributed by atoms with Crippen LogP contribution in [0.1, 0.15) is 155 Å². The number of benzene rings is 5. The van der Waals surface area contributed by atoms with Crippen LogP contribution < -0.4 is 25.5 Å². The van der Waals surface area contributed by atoms with Crippen LogP contribution in [-0.4, -0.2) is 12.3 Å². The van der Waals surface area contributed by atoms with Gasteiger partial charge in [0.1, 0.15) is 0 Å². The first-order chi connectivity index (χ1) is 28.6. The SMILES string of the molecule is Cc1cc2c3c(c1)N1c4c(cc(C(C)(C)C)cc4C4(C)CCCCC14C)B3c1sc3cc4c(cc3c1N2c1ccc(C(C)(C)C)cc1-c1ccccc1)C(C)(C)CCC4(C)C. The maximum absolute atomic E-state index is 2.91. The highest BCUT2D eigenvalue weighted by Crippen LogP contribution is 2.63. The maximum atomic E-state index is 2.91. The van der Waals surface area contributed by atoms with Gasteiger partial charge in [0.15, 0.2) is 0 Å². The number of rotatable bonds is 2. The first-order valence-corrected chi connectivity index (χ1v) is 24.2. The molecule has 4 heterocycles. The van der Waals surface area contributed by atoms with Crippen LogP contribution >= 0.6 is 11.3 Å². The van der Waals surface area contributed by atoms with Crippen LogP contribution in [0.15, 0.2) is 84.9 Å². The number of thiophene rings is 1. The van der Waals surface area contributed by atoms with Gasteiger partial charge in [-0.25, -0.2) is 0 Å². The molecule has 2 nitrogen and oxygen atoms in total. The zero-order chi connectivity index (χ0) is 43.0. The van der Waals surface area contributed by atoms with Crippen molar-refractivity contribution in [2.75, 3.05) is 9.80 Å². The minimum Gasteiger partial charge on any atom is -0.335 e. The smallest absolute Gasteiger partial charge is 0.264 e. The number of aryl methyl sites for hydroxylation is 1. The Balaban J connectivity index is 1.31. The van der Waals surface area contributed by atoms with Crippen molar-refractivity contribution in [1.29, 1.82) is 0 Å². The van der Waals surface area contributed by atoms with E-state index in [4.69, 9.17) is 0 Å². The van der Waals surface area contributed by atoms with Gasteiger partial charge >= 0.3 is 0 Å². The Bertz CT molecular complexity index is 2850. The van der Waals surface area contributed by atoms with E-state index in [1.165, 1.54) is 126 Å². The number of fused-ring (bicyclic) bond motifs is 10. The van der Waals surface area contributed by atoms with Crippen LogP contribution in [0.3, 0.4) is 0 Å². The lowest BCUT2D eigenvalue weighted by molar-refractivity contribution is 0.195. The molecule has 2 atom stereocenters. The van der Waals surface area contributed by atoms with Crippen molar-refractivity contribution in [2.45, 2.75) is 161 Å². The Hall–Kier alpha value is -4.28. The van der Waals surface area contributed by atoms with Gasteiger partial charge in [-0.3, -0.25) is 0 Å². The van der Waals surface area contributed by atoms with Gasteiger partial charge in [-0.05, 0) is 147 Å². The molecule has 0 N–H and O–H groups in total. The lowest BCUT2D eigenvalue weighted by Crippen LogP contribution is -2.64. The van der Waals surface area contributed by atoms with Gasteiger partial charge in [-0.1, -0.05) is 138 Å². The molecule has 0 saturated heterocycles. The minimum absolute atomic E-state index is 0.0132. The summed E-state index contributed by atoms with van der Waals surface area (Å²) in [7, 11) is 0. The van der Waals surface area contributed by atoms with Gasteiger partial charge in [-0.15, -0.1) is 11.3 Å². The van der Waals surface area contributed by atoms with Crippen molar-refractivity contribution in [3.63, 3.8) is 0 Å². The molecule has 11 rings (SSSR count). The standard InChI is InChI=1S/C57H65BN2S/c1-34-27-45-48-46(28-34)60-50-42(56(12)23-17-18-24-57(56,60)13)30-37(53(5,6)7)31-43(50)58(48)51-49(39-32-40-41(33-47(39)61-51)55(10,11)26-25-54(40,8)9)59(45)44-22-21-36(52(2,3)4)29-38(44)35-19-15-14-16-20-35/h14-16,19-22,27-33H,17-18,23-26H2,1-13H3. The fourth-order valence-corrected chi connectivity index (χ4v) is 14.1. The van der Waals surface area contributed by atoms with E-state index >= 15 is 0 Å². The van der Waals surface area contributed by atoms with Crippen LogP contribution in [0.5, 0.6) is 0 Å². The molecule has 1 aromatic heterocycles. The quantitative estimate of drug-likeness (QED) is 0.160.